The molecule has 1 aliphatic rings. The van der Waals surface area contributed by atoms with Gasteiger partial charge in [0.1, 0.15) is 5.82 Å². The van der Waals surface area contributed by atoms with Crippen LogP contribution in [0.1, 0.15) is 58.2 Å². The molecule has 1 atom stereocenters. The fourth-order valence-corrected chi connectivity index (χ4v) is 5.19. The number of nitrogens with one attached hydrogen (secondary N) is 1. The van der Waals surface area contributed by atoms with Crippen LogP contribution < -0.4 is 10.1 Å². The predicted molar refractivity (Wildman–Crippen MR) is 118 cm³/mol. The number of hydrogen-bond donors (Lipinski definition) is 1. The van der Waals surface area contributed by atoms with Gasteiger partial charge in [-0.1, -0.05) is 47.6 Å². The minimum atomic E-state index is -3.86. The quantitative estimate of drug-likeness (QED) is 0.554. The summed E-state index contributed by atoms with van der Waals surface area (Å²) < 4.78 is 44.6. The van der Waals surface area contributed by atoms with Crippen LogP contribution in [0.2, 0.25) is 0 Å². The second-order valence-electron chi connectivity index (χ2n) is 9.64. The van der Waals surface area contributed by atoms with E-state index in [2.05, 4.69) is 52.9 Å². The molecule has 0 aliphatic carbocycles. The highest BCUT2D eigenvalue weighted by atomic mass is 31.2. The van der Waals surface area contributed by atoms with E-state index >= 15 is 0 Å². The highest BCUT2D eigenvalue weighted by molar-refractivity contribution is 7.55. The van der Waals surface area contributed by atoms with Crippen molar-refractivity contribution in [1.29, 1.82) is 0 Å². The van der Waals surface area contributed by atoms with Crippen molar-refractivity contribution < 1.29 is 22.7 Å². The monoisotopic (exact) mass is 435 g/mol. The number of fused-ring (bicyclic) bond motifs is 1. The molecule has 1 heterocycles. The SMILES string of the molecule is COP(=O)(OC)C1(c2ccc(F)cc2)Nc2cc(C(C)(C)C)cc(C(C)(C)C)c2O1. The number of benzene rings is 2. The van der Waals surface area contributed by atoms with Gasteiger partial charge in [0.15, 0.2) is 5.75 Å². The zero-order valence-electron chi connectivity index (χ0n) is 18.9. The van der Waals surface area contributed by atoms with Gasteiger partial charge in [-0.15, -0.1) is 0 Å². The van der Waals surface area contributed by atoms with Crippen molar-refractivity contribution in [3.05, 3.63) is 58.9 Å². The molecule has 0 saturated heterocycles. The molecule has 1 unspecified atom stereocenters. The van der Waals surface area contributed by atoms with Gasteiger partial charge in [-0.2, -0.15) is 0 Å². The molecule has 0 aromatic heterocycles. The fourth-order valence-electron chi connectivity index (χ4n) is 3.60. The molecule has 7 heteroatoms. The summed E-state index contributed by atoms with van der Waals surface area (Å²) in [6.07, 6.45) is 0. The molecule has 0 fully saturated rings. The molecular formula is C23H31FNO4P. The molecular weight excluding hydrogens is 404 g/mol. The van der Waals surface area contributed by atoms with Crippen molar-refractivity contribution in [3.8, 4) is 5.75 Å². The molecule has 3 rings (SSSR count). The predicted octanol–water partition coefficient (Wildman–Crippen LogP) is 6.52. The Morgan fingerprint density at radius 3 is 2.00 bits per heavy atom. The Morgan fingerprint density at radius 1 is 0.967 bits per heavy atom. The van der Waals surface area contributed by atoms with Crippen molar-refractivity contribution in [3.63, 3.8) is 0 Å². The molecule has 0 bridgehead atoms. The maximum atomic E-state index is 13.7. The maximum absolute atomic E-state index is 13.7. The van der Waals surface area contributed by atoms with Gasteiger partial charge in [0.25, 0.3) is 0 Å². The lowest BCUT2D eigenvalue weighted by Gasteiger charge is -2.34. The molecule has 30 heavy (non-hydrogen) atoms. The Labute approximate surface area is 178 Å². The summed E-state index contributed by atoms with van der Waals surface area (Å²) in [5.41, 5.74) is 1.25. The maximum Gasteiger partial charge on any atom is 0.399 e. The van der Waals surface area contributed by atoms with Crippen LogP contribution in [0.25, 0.3) is 0 Å². The number of anilines is 1. The van der Waals surface area contributed by atoms with Crippen LogP contribution in [-0.2, 0) is 29.9 Å². The van der Waals surface area contributed by atoms with E-state index in [4.69, 9.17) is 13.8 Å². The first kappa shape index (κ1) is 22.8. The Kier molecular flexibility index (Phi) is 5.60. The molecule has 0 amide bonds. The normalized spacial score (nSPS) is 19.2. The minimum absolute atomic E-state index is 0.107. The first-order chi connectivity index (χ1) is 13.8. The smallest absolute Gasteiger partial charge is 0.399 e. The third kappa shape index (κ3) is 3.66. The molecule has 0 saturated carbocycles. The molecule has 2 aromatic rings. The van der Waals surface area contributed by atoms with Gasteiger partial charge in [-0.05, 0) is 46.7 Å². The third-order valence-electron chi connectivity index (χ3n) is 5.42. The van der Waals surface area contributed by atoms with Crippen molar-refractivity contribution in [2.24, 2.45) is 0 Å². The van der Waals surface area contributed by atoms with Crippen molar-refractivity contribution in [2.75, 3.05) is 19.5 Å². The molecule has 0 spiro atoms. The van der Waals surface area contributed by atoms with Crippen molar-refractivity contribution >= 4 is 13.3 Å². The van der Waals surface area contributed by atoms with E-state index in [1.807, 2.05) is 6.07 Å². The Balaban J connectivity index is 2.30. The first-order valence-electron chi connectivity index (χ1n) is 9.91. The molecule has 1 aliphatic heterocycles. The number of hydrogen-bond acceptors (Lipinski definition) is 5. The Bertz CT molecular complexity index is 984. The Hall–Kier alpha value is -1.88. The van der Waals surface area contributed by atoms with E-state index in [1.54, 1.807) is 0 Å². The van der Waals surface area contributed by atoms with Crippen LogP contribution in [0, 0.1) is 5.82 Å². The second kappa shape index (κ2) is 7.37. The van der Waals surface area contributed by atoms with E-state index < -0.39 is 18.9 Å². The van der Waals surface area contributed by atoms with Crippen molar-refractivity contribution in [1.82, 2.24) is 0 Å². The summed E-state index contributed by atoms with van der Waals surface area (Å²) in [6, 6.07) is 9.79. The average Bonchev–Trinajstić information content (AvgIpc) is 3.06. The van der Waals surface area contributed by atoms with Gasteiger partial charge in [-0.25, -0.2) is 4.39 Å². The summed E-state index contributed by atoms with van der Waals surface area (Å²) in [5, 5.41) is 3.29. The fraction of sp³-hybridized carbons (Fsp3) is 0.478. The topological polar surface area (TPSA) is 56.8 Å². The zero-order valence-corrected chi connectivity index (χ0v) is 19.8. The summed E-state index contributed by atoms with van der Waals surface area (Å²) in [6.45, 7) is 12.7. The van der Waals surface area contributed by atoms with E-state index in [0.717, 1.165) is 11.1 Å². The minimum Gasteiger partial charge on any atom is -0.450 e. The molecule has 164 valence electrons. The van der Waals surface area contributed by atoms with Crippen molar-refractivity contribution in [2.45, 2.75) is 57.8 Å². The van der Waals surface area contributed by atoms with Gasteiger partial charge in [0, 0.05) is 25.3 Å². The second-order valence-corrected chi connectivity index (χ2v) is 12.0. The molecule has 2 aromatic carbocycles. The average molecular weight is 435 g/mol. The van der Waals surface area contributed by atoms with Crippen LogP contribution in [0.4, 0.5) is 10.1 Å². The highest BCUT2D eigenvalue weighted by Crippen LogP contribution is 2.68. The van der Waals surface area contributed by atoms with Crippen LogP contribution in [0.15, 0.2) is 36.4 Å². The largest absolute Gasteiger partial charge is 0.450 e. The van der Waals surface area contributed by atoms with Crippen LogP contribution in [0.5, 0.6) is 5.75 Å². The summed E-state index contributed by atoms with van der Waals surface area (Å²) in [7, 11) is -1.23. The van der Waals surface area contributed by atoms with E-state index in [1.165, 1.54) is 38.5 Å². The first-order valence-corrected chi connectivity index (χ1v) is 11.5. The lowest BCUT2D eigenvalue weighted by Crippen LogP contribution is -2.38. The van der Waals surface area contributed by atoms with E-state index in [0.29, 0.717) is 17.0 Å². The summed E-state index contributed by atoms with van der Waals surface area (Å²) >= 11 is 0. The van der Waals surface area contributed by atoms with Crippen LogP contribution in [0.3, 0.4) is 0 Å². The zero-order chi connectivity index (χ0) is 22.5. The van der Waals surface area contributed by atoms with Gasteiger partial charge in [0.2, 0.25) is 0 Å². The number of rotatable bonds is 4. The molecule has 0 radical (unpaired) electrons. The summed E-state index contributed by atoms with van der Waals surface area (Å²) in [5.74, 6) is 0.189. The van der Waals surface area contributed by atoms with Gasteiger partial charge in [0.05, 0.1) is 5.69 Å². The highest BCUT2D eigenvalue weighted by Gasteiger charge is 2.59. The standard InChI is InChI=1S/C23H31FNO4P/c1-21(2,3)16-13-18(22(4,5)6)20-19(14-16)25-23(29-20,30(26,27-7)28-8)15-9-11-17(24)12-10-15/h9-14,25H,1-8H3. The molecule has 1 N–H and O–H groups in total. The van der Waals surface area contributed by atoms with Gasteiger partial charge < -0.3 is 19.1 Å². The Morgan fingerprint density at radius 2 is 1.53 bits per heavy atom. The third-order valence-corrected chi connectivity index (χ3v) is 7.61. The van der Waals surface area contributed by atoms with E-state index in [9.17, 15) is 8.96 Å². The van der Waals surface area contributed by atoms with Gasteiger partial charge >= 0.3 is 13.1 Å². The van der Waals surface area contributed by atoms with Crippen LogP contribution >= 0.6 is 7.60 Å². The molecule has 5 nitrogen and oxygen atoms in total. The lowest BCUT2D eigenvalue weighted by molar-refractivity contribution is 0.136. The van der Waals surface area contributed by atoms with Crippen LogP contribution in [-0.4, -0.2) is 14.2 Å². The van der Waals surface area contributed by atoms with E-state index in [-0.39, 0.29) is 10.8 Å². The summed E-state index contributed by atoms with van der Waals surface area (Å²) in [4.78, 5) is 0. The number of halogens is 1. The van der Waals surface area contributed by atoms with Gasteiger partial charge in [-0.3, -0.25) is 4.57 Å². The lowest BCUT2D eigenvalue weighted by atomic mass is 9.80. The number of ether oxygens (including phenoxy) is 1.